The lowest BCUT2D eigenvalue weighted by Crippen LogP contribution is -2.40. The Morgan fingerprint density at radius 3 is 1.50 bits per heavy atom. The number of hydrogen-bond acceptors (Lipinski definition) is 6. The highest BCUT2D eigenvalue weighted by Gasteiger charge is 2.15. The normalized spacial score (nSPS) is 20.2. The molecule has 0 fully saturated rings. The van der Waals surface area contributed by atoms with E-state index >= 15 is 0 Å². The zero-order valence-electron chi connectivity index (χ0n) is 13.3. The molecule has 2 aliphatic heterocycles. The minimum atomic E-state index is 1.02. The van der Waals surface area contributed by atoms with E-state index in [2.05, 4.69) is 48.2 Å². The summed E-state index contributed by atoms with van der Waals surface area (Å²) in [6, 6.07) is 0. The molecule has 2 aliphatic rings. The van der Waals surface area contributed by atoms with Crippen LogP contribution in [-0.4, -0.2) is 85.9 Å². The van der Waals surface area contributed by atoms with Crippen molar-refractivity contribution in [3.05, 3.63) is 0 Å². The van der Waals surface area contributed by atoms with Crippen LogP contribution in [0.3, 0.4) is 0 Å². The third-order valence-electron chi connectivity index (χ3n) is 4.02. The molecule has 2 heterocycles. The second-order valence-electron chi connectivity index (χ2n) is 5.85. The summed E-state index contributed by atoms with van der Waals surface area (Å²) in [5.41, 5.74) is 0. The van der Waals surface area contributed by atoms with Gasteiger partial charge in [-0.05, 0) is 12.8 Å². The molecular formula is C14H28N6. The van der Waals surface area contributed by atoms with Crippen LogP contribution in [0.15, 0.2) is 10.2 Å². The summed E-state index contributed by atoms with van der Waals surface area (Å²) in [6.07, 6.45) is 4.47. The zero-order valence-corrected chi connectivity index (χ0v) is 13.3. The summed E-state index contributed by atoms with van der Waals surface area (Å²) in [4.78, 5) is 4.55. The van der Waals surface area contributed by atoms with E-state index in [0.717, 1.165) is 39.0 Å². The van der Waals surface area contributed by atoms with Crippen molar-refractivity contribution in [3.8, 4) is 0 Å². The van der Waals surface area contributed by atoms with E-state index in [9.17, 15) is 0 Å². The Hall–Kier alpha value is -1.46. The highest BCUT2D eigenvalue weighted by molar-refractivity contribution is 5.83. The van der Waals surface area contributed by atoms with Gasteiger partial charge in [-0.3, -0.25) is 10.0 Å². The monoisotopic (exact) mass is 280 g/mol. The van der Waals surface area contributed by atoms with E-state index < -0.39 is 0 Å². The van der Waals surface area contributed by atoms with Crippen molar-refractivity contribution < 1.29 is 0 Å². The third kappa shape index (κ3) is 4.02. The molecule has 0 radical (unpaired) electrons. The summed E-state index contributed by atoms with van der Waals surface area (Å²) in [7, 11) is 8.38. The number of hydrogen-bond donors (Lipinski definition) is 0. The molecule has 0 amide bonds. The number of likely N-dealkylation sites (N-methyl/N-ethyl adjacent to an activating group) is 4. The van der Waals surface area contributed by atoms with Crippen molar-refractivity contribution in [2.24, 2.45) is 10.2 Å². The third-order valence-corrected chi connectivity index (χ3v) is 4.02. The van der Waals surface area contributed by atoms with Gasteiger partial charge in [0.1, 0.15) is 11.7 Å². The molecule has 0 unspecified atom stereocenters. The van der Waals surface area contributed by atoms with Gasteiger partial charge in [0.15, 0.2) is 0 Å². The Kier molecular flexibility index (Phi) is 5.09. The first-order chi connectivity index (χ1) is 9.56. The number of nitrogens with zero attached hydrogens (tertiary/aromatic N) is 6. The highest BCUT2D eigenvalue weighted by atomic mass is 15.5. The van der Waals surface area contributed by atoms with Gasteiger partial charge in [-0.1, -0.05) is 0 Å². The Morgan fingerprint density at radius 1 is 0.700 bits per heavy atom. The van der Waals surface area contributed by atoms with Crippen LogP contribution >= 0.6 is 0 Å². The van der Waals surface area contributed by atoms with Gasteiger partial charge >= 0.3 is 0 Å². The molecule has 0 aromatic heterocycles. The van der Waals surface area contributed by atoms with E-state index in [-0.39, 0.29) is 0 Å². The molecule has 6 nitrogen and oxygen atoms in total. The molecule has 6 heteroatoms. The second-order valence-corrected chi connectivity index (χ2v) is 5.85. The zero-order chi connectivity index (χ0) is 14.5. The minimum Gasteiger partial charge on any atom is -0.360 e. The van der Waals surface area contributed by atoms with Crippen molar-refractivity contribution in [2.45, 2.75) is 25.7 Å². The van der Waals surface area contributed by atoms with Crippen LogP contribution in [0.4, 0.5) is 0 Å². The molecule has 0 bridgehead atoms. The maximum Gasteiger partial charge on any atom is 0.124 e. The molecule has 0 aliphatic carbocycles. The largest absolute Gasteiger partial charge is 0.360 e. The van der Waals surface area contributed by atoms with Gasteiger partial charge in [0.25, 0.3) is 0 Å². The van der Waals surface area contributed by atoms with Gasteiger partial charge in [0.2, 0.25) is 0 Å². The molecule has 0 aromatic rings. The van der Waals surface area contributed by atoms with Crippen LogP contribution in [0.1, 0.15) is 25.7 Å². The van der Waals surface area contributed by atoms with Crippen LogP contribution in [0.5, 0.6) is 0 Å². The maximum atomic E-state index is 4.60. The molecule has 0 N–H and O–H groups in total. The maximum absolute atomic E-state index is 4.60. The van der Waals surface area contributed by atoms with Crippen LogP contribution in [0, 0.1) is 0 Å². The first kappa shape index (κ1) is 14.9. The number of rotatable bonds is 5. The van der Waals surface area contributed by atoms with Crippen molar-refractivity contribution in [1.29, 1.82) is 0 Å². The fourth-order valence-electron chi connectivity index (χ4n) is 2.54. The molecule has 0 aromatic carbocycles. The Balaban J connectivity index is 1.74. The van der Waals surface area contributed by atoms with Gasteiger partial charge in [0.05, 0.1) is 13.1 Å². The quantitative estimate of drug-likeness (QED) is 0.702. The predicted molar refractivity (Wildman–Crippen MR) is 83.9 cm³/mol. The predicted octanol–water partition coefficient (Wildman–Crippen LogP) is 0.928. The summed E-state index contributed by atoms with van der Waals surface area (Å²) in [5, 5.41) is 13.3. The Bertz CT molecular complexity index is 342. The van der Waals surface area contributed by atoms with E-state index in [1.165, 1.54) is 24.5 Å². The van der Waals surface area contributed by atoms with Crippen molar-refractivity contribution in [3.63, 3.8) is 0 Å². The van der Waals surface area contributed by atoms with E-state index in [0.29, 0.717) is 0 Å². The fraction of sp³-hybridized carbons (Fsp3) is 0.857. The van der Waals surface area contributed by atoms with E-state index in [1.54, 1.807) is 0 Å². The van der Waals surface area contributed by atoms with E-state index in [4.69, 9.17) is 0 Å². The van der Waals surface area contributed by atoms with Crippen molar-refractivity contribution in [1.82, 2.24) is 19.8 Å². The molecule has 0 spiro atoms. The SMILES string of the molecule is CN1CCN(C)C(CCCCC2=NN(C)CCN2C)=N1. The molecule has 2 rings (SSSR count). The standard InChI is InChI=1S/C14H28N6/c1-17-9-11-19(3)15-13(17)7-5-6-8-14-16-20(4)12-10-18(14)2/h5-12H2,1-4H3. The highest BCUT2D eigenvalue weighted by Crippen LogP contribution is 2.11. The summed E-state index contributed by atoms with van der Waals surface area (Å²) in [6.45, 7) is 4.20. The average Bonchev–Trinajstić information content (AvgIpc) is 2.42. The smallest absolute Gasteiger partial charge is 0.124 e. The van der Waals surface area contributed by atoms with Gasteiger partial charge in [-0.15, -0.1) is 0 Å². The molecule has 0 saturated heterocycles. The average molecular weight is 280 g/mol. The molecule has 114 valence electrons. The Morgan fingerprint density at radius 2 is 1.10 bits per heavy atom. The van der Waals surface area contributed by atoms with Crippen molar-refractivity contribution >= 4 is 11.7 Å². The van der Waals surface area contributed by atoms with E-state index in [1.807, 2.05) is 10.0 Å². The Labute approximate surface area is 122 Å². The minimum absolute atomic E-state index is 1.02. The van der Waals surface area contributed by atoms with Crippen molar-refractivity contribution in [2.75, 3.05) is 54.4 Å². The molecule has 20 heavy (non-hydrogen) atoms. The number of unbranched alkanes of at least 4 members (excludes halogenated alkanes) is 1. The van der Waals surface area contributed by atoms with Crippen LogP contribution in [-0.2, 0) is 0 Å². The van der Waals surface area contributed by atoms with Crippen LogP contribution in [0.25, 0.3) is 0 Å². The van der Waals surface area contributed by atoms with Gasteiger partial charge in [-0.25, -0.2) is 0 Å². The first-order valence-electron chi connectivity index (χ1n) is 7.56. The summed E-state index contributed by atoms with van der Waals surface area (Å²) >= 11 is 0. The fourth-order valence-corrected chi connectivity index (χ4v) is 2.54. The molecule has 0 saturated carbocycles. The lowest BCUT2D eigenvalue weighted by atomic mass is 10.1. The topological polar surface area (TPSA) is 37.7 Å². The molecule has 0 atom stereocenters. The second kappa shape index (κ2) is 6.81. The first-order valence-corrected chi connectivity index (χ1v) is 7.56. The van der Waals surface area contributed by atoms with Gasteiger partial charge < -0.3 is 9.80 Å². The van der Waals surface area contributed by atoms with Crippen LogP contribution < -0.4 is 0 Å². The molecular weight excluding hydrogens is 252 g/mol. The summed E-state index contributed by atoms with van der Waals surface area (Å²) < 4.78 is 0. The van der Waals surface area contributed by atoms with Gasteiger partial charge in [-0.2, -0.15) is 10.2 Å². The van der Waals surface area contributed by atoms with Crippen LogP contribution in [0.2, 0.25) is 0 Å². The van der Waals surface area contributed by atoms with Gasteiger partial charge in [0, 0.05) is 54.1 Å². The lowest BCUT2D eigenvalue weighted by molar-refractivity contribution is 0.274. The lowest BCUT2D eigenvalue weighted by Gasteiger charge is -2.31. The number of hydrazone groups is 2. The summed E-state index contributed by atoms with van der Waals surface area (Å²) in [5.74, 6) is 2.43. The number of amidine groups is 2.